The zero-order valence-corrected chi connectivity index (χ0v) is 33.6. The molecule has 0 heterocycles. The molecule has 0 aliphatic heterocycles. The Kier molecular flexibility index (Phi) is 37.4. The summed E-state index contributed by atoms with van der Waals surface area (Å²) < 4.78 is 39.3. The summed E-state index contributed by atoms with van der Waals surface area (Å²) in [6.07, 6.45) is 33.3. The quantitative estimate of drug-likeness (QED) is 0.0264. The number of carbonyl (C=O) groups is 2. The molecule has 0 rings (SSSR count). The van der Waals surface area contributed by atoms with Gasteiger partial charge in [-0.3, -0.25) is 23.2 Å². The Labute approximate surface area is 304 Å². The molecular weight excluding hydrogens is 695 g/mol. The van der Waals surface area contributed by atoms with Crippen LogP contribution >= 0.6 is 23.8 Å². The topological polar surface area (TPSA) is 97.4 Å². The van der Waals surface area contributed by atoms with Gasteiger partial charge in [0.05, 0.1) is 19.8 Å². The fourth-order valence-corrected chi connectivity index (χ4v) is 7.13. The molecule has 0 bridgehead atoms. The van der Waals surface area contributed by atoms with Crippen molar-refractivity contribution in [2.24, 2.45) is 0 Å². The Bertz CT molecular complexity index is 700. The Hall–Kier alpha value is -0.470. The van der Waals surface area contributed by atoms with Crippen LogP contribution in [0.15, 0.2) is 0 Å². The second-order valence-electron chi connectivity index (χ2n) is 13.1. The summed E-state index contributed by atoms with van der Waals surface area (Å²) in [5, 5.41) is 0.450. The molecule has 0 unspecified atom stereocenters. The summed E-state index contributed by atoms with van der Waals surface area (Å²) in [6, 6.07) is 0. The molecule has 0 fully saturated rings. The lowest BCUT2D eigenvalue weighted by Crippen LogP contribution is -2.14. The monoisotopic (exact) mass is 768 g/mol. The van der Waals surface area contributed by atoms with Gasteiger partial charge in [-0.25, -0.2) is 4.57 Å². The summed E-state index contributed by atoms with van der Waals surface area (Å²) in [5.74, 6) is -0.566. The number of halogens is 1. The van der Waals surface area contributed by atoms with Gasteiger partial charge in [-0.2, -0.15) is 0 Å². The summed E-state index contributed by atoms with van der Waals surface area (Å²) in [6.45, 7) is 4.35. The predicted octanol–water partition coefficient (Wildman–Crippen LogP) is 12.6. The second-order valence-corrected chi connectivity index (χ2v) is 15.5. The van der Waals surface area contributed by atoms with Crippen LogP contribution < -0.4 is 0 Å². The van der Waals surface area contributed by atoms with E-state index in [1.54, 1.807) is 0 Å². The Balaban J connectivity index is 3.78. The lowest BCUT2D eigenvalue weighted by atomic mass is 10.0. The van der Waals surface area contributed by atoms with E-state index in [0.29, 0.717) is 18.2 Å². The molecule has 0 spiro atoms. The van der Waals surface area contributed by atoms with Crippen molar-refractivity contribution in [3.05, 3.63) is 0 Å². The van der Waals surface area contributed by atoms with Crippen molar-refractivity contribution in [3.8, 4) is 0 Å². The van der Waals surface area contributed by atoms with Crippen molar-refractivity contribution >= 4 is 35.7 Å². The van der Waals surface area contributed by atoms with E-state index in [-0.39, 0.29) is 45.0 Å². The van der Waals surface area contributed by atoms with Gasteiger partial charge in [-0.05, 0) is 12.8 Å². The maximum atomic E-state index is 12.9. The second kappa shape index (κ2) is 37.8. The number of carbonyl (C=O) groups excluding carboxylic acids is 2. The summed E-state index contributed by atoms with van der Waals surface area (Å²) >= 11 is 3.23. The van der Waals surface area contributed by atoms with Crippen LogP contribution in [-0.4, -0.2) is 50.3 Å². The van der Waals surface area contributed by atoms with Gasteiger partial charge in [0.15, 0.2) is 0 Å². The third-order valence-corrected chi connectivity index (χ3v) is 10.3. The molecule has 8 nitrogen and oxygen atoms in total. The van der Waals surface area contributed by atoms with E-state index >= 15 is 0 Å². The predicted molar refractivity (Wildman–Crippen MR) is 202 cm³/mol. The third-order valence-electron chi connectivity index (χ3n) is 8.49. The number of alkyl halides is 1. The number of esters is 2. The molecule has 0 aromatic carbocycles. The van der Waals surface area contributed by atoms with Crippen LogP contribution in [0.1, 0.15) is 194 Å². The van der Waals surface area contributed by atoms with Crippen LogP contribution in [0.2, 0.25) is 0 Å². The molecule has 48 heavy (non-hydrogen) atoms. The Morgan fingerprint density at radius 3 is 0.979 bits per heavy atom. The largest absolute Gasteiger partial charge is 0.475 e. The van der Waals surface area contributed by atoms with E-state index in [1.807, 2.05) is 0 Å². The van der Waals surface area contributed by atoms with Gasteiger partial charge in [0.25, 0.3) is 0 Å². The Morgan fingerprint density at radius 2 is 0.688 bits per heavy atom. The molecule has 0 radical (unpaired) electrons. The molecule has 0 N–H and O–H groups in total. The molecule has 0 aromatic heterocycles. The first kappa shape index (κ1) is 47.5. The highest BCUT2D eigenvalue weighted by molar-refractivity contribution is 9.09. The van der Waals surface area contributed by atoms with Crippen molar-refractivity contribution < 1.29 is 37.2 Å². The smallest absolute Gasteiger partial charge is 0.463 e. The minimum atomic E-state index is -3.87. The normalized spacial score (nSPS) is 11.6. The van der Waals surface area contributed by atoms with Gasteiger partial charge in [-0.15, -0.1) is 0 Å². The van der Waals surface area contributed by atoms with E-state index < -0.39 is 7.82 Å². The zero-order chi connectivity index (χ0) is 35.2. The van der Waals surface area contributed by atoms with Gasteiger partial charge in [0.2, 0.25) is 0 Å². The summed E-state index contributed by atoms with van der Waals surface area (Å²) in [5.41, 5.74) is 0. The lowest BCUT2D eigenvalue weighted by molar-refractivity contribution is -0.145. The number of phosphoric ester groups is 1. The fourth-order valence-electron chi connectivity index (χ4n) is 5.59. The van der Waals surface area contributed by atoms with Crippen molar-refractivity contribution in [1.29, 1.82) is 0 Å². The fraction of sp³-hybridized carbons (Fsp3) is 0.947. The van der Waals surface area contributed by atoms with E-state index in [2.05, 4.69) is 29.8 Å². The van der Waals surface area contributed by atoms with E-state index in [9.17, 15) is 14.2 Å². The van der Waals surface area contributed by atoms with Crippen LogP contribution in [0.4, 0.5) is 0 Å². The Morgan fingerprint density at radius 1 is 0.417 bits per heavy atom. The average Bonchev–Trinajstić information content (AvgIpc) is 3.08. The molecular formula is C38H74BrO8P. The van der Waals surface area contributed by atoms with Crippen LogP contribution in [-0.2, 0) is 37.2 Å². The minimum absolute atomic E-state index is 0.0313. The number of ether oxygens (including phenoxy) is 2. The molecule has 0 aliphatic rings. The number of hydrogen-bond acceptors (Lipinski definition) is 8. The first-order valence-electron chi connectivity index (χ1n) is 19.9. The maximum absolute atomic E-state index is 12.9. The number of phosphoric acid groups is 1. The lowest BCUT2D eigenvalue weighted by Gasteiger charge is -2.17. The first-order valence-corrected chi connectivity index (χ1v) is 22.5. The summed E-state index contributed by atoms with van der Waals surface area (Å²) in [4.78, 5) is 24.1. The SMILES string of the molecule is CCCCCCCCCCCCCCCC(=O)OCCOP(=O)(OCCBr)OCCOC(=O)CCCCCCCCCCCCCCC. The molecule has 0 saturated heterocycles. The standard InChI is InChI=1S/C38H74BrO8P/c1-3-5-7-9-11-13-15-17-19-21-23-25-27-29-37(40)43-33-35-46-48(42,45-32-31-39)47-36-34-44-38(41)30-28-26-24-22-20-18-16-14-12-10-8-6-4-2/h3-36H2,1-2H3. The molecule has 0 aliphatic carbocycles. The van der Waals surface area contributed by atoms with Gasteiger partial charge >= 0.3 is 19.8 Å². The van der Waals surface area contributed by atoms with Gasteiger partial charge < -0.3 is 9.47 Å². The summed E-state index contributed by atoms with van der Waals surface area (Å²) in [7, 11) is -3.87. The molecule has 10 heteroatoms. The van der Waals surface area contributed by atoms with E-state index in [1.165, 1.54) is 128 Å². The van der Waals surface area contributed by atoms with Gasteiger partial charge in [-0.1, -0.05) is 184 Å². The highest BCUT2D eigenvalue weighted by Gasteiger charge is 2.26. The highest BCUT2D eigenvalue weighted by atomic mass is 79.9. The third kappa shape index (κ3) is 35.4. The van der Waals surface area contributed by atoms with Crippen LogP contribution in [0.5, 0.6) is 0 Å². The van der Waals surface area contributed by atoms with E-state index in [0.717, 1.165) is 38.5 Å². The van der Waals surface area contributed by atoms with Crippen LogP contribution in [0, 0.1) is 0 Å². The number of rotatable bonds is 39. The van der Waals surface area contributed by atoms with Crippen molar-refractivity contribution in [2.45, 2.75) is 194 Å². The van der Waals surface area contributed by atoms with Crippen molar-refractivity contribution in [1.82, 2.24) is 0 Å². The van der Waals surface area contributed by atoms with Crippen molar-refractivity contribution in [2.75, 3.05) is 38.4 Å². The molecule has 0 aromatic rings. The highest BCUT2D eigenvalue weighted by Crippen LogP contribution is 2.49. The molecule has 0 amide bonds. The minimum Gasteiger partial charge on any atom is -0.463 e. The van der Waals surface area contributed by atoms with E-state index in [4.69, 9.17) is 23.0 Å². The van der Waals surface area contributed by atoms with Crippen LogP contribution in [0.3, 0.4) is 0 Å². The number of unbranched alkanes of at least 4 members (excludes halogenated alkanes) is 24. The van der Waals surface area contributed by atoms with Gasteiger partial charge in [0.1, 0.15) is 13.2 Å². The first-order chi connectivity index (χ1) is 23.5. The average molecular weight is 770 g/mol. The zero-order valence-electron chi connectivity index (χ0n) is 31.1. The molecule has 286 valence electrons. The van der Waals surface area contributed by atoms with Crippen LogP contribution in [0.25, 0.3) is 0 Å². The molecule has 0 atom stereocenters. The van der Waals surface area contributed by atoms with Crippen molar-refractivity contribution in [3.63, 3.8) is 0 Å². The number of hydrogen-bond donors (Lipinski definition) is 0. The van der Waals surface area contributed by atoms with Gasteiger partial charge in [0, 0.05) is 18.2 Å². The molecule has 0 saturated carbocycles. The maximum Gasteiger partial charge on any atom is 0.475 e.